The van der Waals surface area contributed by atoms with E-state index >= 15 is 0 Å². The second-order valence-corrected chi connectivity index (χ2v) is 19.4. The number of phosphoric acid groups is 1. The summed E-state index contributed by atoms with van der Waals surface area (Å²) < 4.78 is 22.2. The molecule has 0 heterocycles. The lowest BCUT2D eigenvalue weighted by Crippen LogP contribution is -2.46. The molecule has 61 heavy (non-hydrogen) atoms. The Balaban J connectivity index is 4.21. The van der Waals surface area contributed by atoms with Gasteiger partial charge in [0, 0.05) is 6.54 Å². The highest BCUT2D eigenvalue weighted by Gasteiger charge is 2.27. The Morgan fingerprint density at radius 2 is 0.934 bits per heavy atom. The van der Waals surface area contributed by atoms with Gasteiger partial charge in [-0.1, -0.05) is 244 Å². The fourth-order valence-corrected chi connectivity index (χ4v) is 8.66. The maximum Gasteiger partial charge on any atom is 0.472 e. The van der Waals surface area contributed by atoms with E-state index in [4.69, 9.17) is 14.8 Å². The molecule has 9 nitrogen and oxygen atoms in total. The Morgan fingerprint density at radius 1 is 0.557 bits per heavy atom. The van der Waals surface area contributed by atoms with Gasteiger partial charge in [-0.2, -0.15) is 0 Å². The first kappa shape index (κ1) is 59.9. The zero-order chi connectivity index (χ0) is 44.8. The molecule has 0 radical (unpaired) electrons. The Labute approximate surface area is 377 Å². The summed E-state index contributed by atoms with van der Waals surface area (Å²) in [5, 5.41) is 24.2. The molecule has 0 saturated carbocycles. The largest absolute Gasteiger partial charge is 0.472 e. The highest BCUT2D eigenvalue weighted by atomic mass is 31.2. The van der Waals surface area contributed by atoms with Gasteiger partial charge in [0.2, 0.25) is 5.91 Å². The summed E-state index contributed by atoms with van der Waals surface area (Å²) in [5.74, 6) is -0.451. The third kappa shape index (κ3) is 45.3. The molecule has 1 amide bonds. The highest BCUT2D eigenvalue weighted by Crippen LogP contribution is 2.43. The molecular formula is C51H101N2O7P. The second kappa shape index (κ2) is 46.9. The van der Waals surface area contributed by atoms with Crippen molar-refractivity contribution in [2.24, 2.45) is 5.73 Å². The minimum atomic E-state index is -4.41. The second-order valence-electron chi connectivity index (χ2n) is 17.9. The first-order valence-corrected chi connectivity index (χ1v) is 27.5. The van der Waals surface area contributed by atoms with Crippen LogP contribution in [0.5, 0.6) is 0 Å². The van der Waals surface area contributed by atoms with Gasteiger partial charge in [-0.15, -0.1) is 0 Å². The number of aliphatic hydroxyl groups excluding tert-OH is 2. The average Bonchev–Trinajstić information content (AvgIpc) is 3.24. The summed E-state index contributed by atoms with van der Waals surface area (Å²) in [7, 11) is -4.41. The van der Waals surface area contributed by atoms with Crippen molar-refractivity contribution >= 4 is 13.7 Å². The Morgan fingerprint density at radius 3 is 1.36 bits per heavy atom. The van der Waals surface area contributed by atoms with Crippen LogP contribution in [0, 0.1) is 0 Å². The van der Waals surface area contributed by atoms with Crippen LogP contribution in [0.2, 0.25) is 0 Å². The minimum absolute atomic E-state index is 0.0464. The monoisotopic (exact) mass is 885 g/mol. The van der Waals surface area contributed by atoms with Gasteiger partial charge in [0.1, 0.15) is 0 Å². The van der Waals surface area contributed by atoms with Gasteiger partial charge in [-0.3, -0.25) is 13.8 Å². The highest BCUT2D eigenvalue weighted by molar-refractivity contribution is 7.47. The lowest BCUT2D eigenvalue weighted by molar-refractivity contribution is -0.124. The van der Waals surface area contributed by atoms with Crippen LogP contribution in [0.1, 0.15) is 258 Å². The number of carbonyl (C=O) groups excluding carboxylic acids is 1. The van der Waals surface area contributed by atoms with E-state index in [0.717, 1.165) is 32.1 Å². The number of carbonyl (C=O) groups is 1. The lowest BCUT2D eigenvalue weighted by Gasteiger charge is -2.24. The summed E-state index contributed by atoms with van der Waals surface area (Å²) in [6.07, 6.45) is 52.8. The van der Waals surface area contributed by atoms with Crippen LogP contribution in [0.15, 0.2) is 24.3 Å². The molecule has 4 atom stereocenters. The number of nitrogens with two attached hydrogens (primary N) is 1. The number of hydrogen-bond acceptors (Lipinski definition) is 7. The SMILES string of the molecule is CCCCCCCCCCCCCCCCC/C=C/CC/C=C/C(O)C(COP(=O)(O)OCCN)NC(=O)CC(O)CCCCCCCCCCCCCCCCCCCC. The molecule has 0 aliphatic carbocycles. The number of rotatable bonds is 49. The van der Waals surface area contributed by atoms with Crippen molar-refractivity contribution in [3.05, 3.63) is 24.3 Å². The fourth-order valence-electron chi connectivity index (χ4n) is 7.90. The Bertz CT molecular complexity index is 1030. The molecule has 0 fully saturated rings. The van der Waals surface area contributed by atoms with Crippen molar-refractivity contribution in [3.8, 4) is 0 Å². The Hall–Kier alpha value is -1.06. The van der Waals surface area contributed by atoms with Crippen LogP contribution in [-0.2, 0) is 18.4 Å². The quantitative estimate of drug-likeness (QED) is 0.0230. The van der Waals surface area contributed by atoms with Crippen molar-refractivity contribution in [2.45, 2.75) is 276 Å². The summed E-state index contributed by atoms with van der Waals surface area (Å²) >= 11 is 0. The van der Waals surface area contributed by atoms with Gasteiger partial charge in [-0.05, 0) is 32.1 Å². The summed E-state index contributed by atoms with van der Waals surface area (Å²) in [6.45, 7) is 3.99. The third-order valence-corrected chi connectivity index (χ3v) is 12.8. The number of amides is 1. The summed E-state index contributed by atoms with van der Waals surface area (Å²) in [4.78, 5) is 22.9. The van der Waals surface area contributed by atoms with E-state index in [2.05, 4.69) is 31.3 Å². The van der Waals surface area contributed by atoms with Crippen LogP contribution in [0.25, 0.3) is 0 Å². The molecular weight excluding hydrogens is 784 g/mol. The van der Waals surface area contributed by atoms with Gasteiger partial charge in [0.25, 0.3) is 0 Å². The molecule has 0 aromatic rings. The zero-order valence-electron chi connectivity index (χ0n) is 40.0. The van der Waals surface area contributed by atoms with Crippen LogP contribution in [0.4, 0.5) is 0 Å². The number of aliphatic hydroxyl groups is 2. The molecule has 10 heteroatoms. The normalized spacial score (nSPS) is 14.5. The van der Waals surface area contributed by atoms with Crippen LogP contribution in [0.3, 0.4) is 0 Å². The van der Waals surface area contributed by atoms with E-state index in [1.807, 2.05) is 6.08 Å². The predicted octanol–water partition coefficient (Wildman–Crippen LogP) is 14.3. The van der Waals surface area contributed by atoms with Crippen LogP contribution < -0.4 is 11.1 Å². The van der Waals surface area contributed by atoms with Crippen molar-refractivity contribution in [1.82, 2.24) is 5.32 Å². The molecule has 0 bridgehead atoms. The molecule has 0 spiro atoms. The predicted molar refractivity (Wildman–Crippen MR) is 260 cm³/mol. The Kier molecular flexibility index (Phi) is 46.1. The number of allylic oxidation sites excluding steroid dienone is 3. The smallest absolute Gasteiger partial charge is 0.393 e. The minimum Gasteiger partial charge on any atom is -0.393 e. The van der Waals surface area contributed by atoms with Gasteiger partial charge in [0.05, 0.1) is 37.9 Å². The zero-order valence-corrected chi connectivity index (χ0v) is 40.9. The molecule has 0 aliphatic heterocycles. The average molecular weight is 885 g/mol. The lowest BCUT2D eigenvalue weighted by atomic mass is 10.0. The van der Waals surface area contributed by atoms with Crippen molar-refractivity contribution < 1.29 is 33.5 Å². The van der Waals surface area contributed by atoms with E-state index in [1.54, 1.807) is 6.08 Å². The van der Waals surface area contributed by atoms with Gasteiger partial charge in [0.15, 0.2) is 0 Å². The summed E-state index contributed by atoms with van der Waals surface area (Å²) in [5.41, 5.74) is 5.38. The molecule has 0 rings (SSSR count). The van der Waals surface area contributed by atoms with Crippen LogP contribution in [-0.4, -0.2) is 59.0 Å². The van der Waals surface area contributed by atoms with E-state index in [9.17, 15) is 24.5 Å². The first-order chi connectivity index (χ1) is 29.8. The first-order valence-electron chi connectivity index (χ1n) is 26.0. The van der Waals surface area contributed by atoms with Crippen LogP contribution >= 0.6 is 7.82 Å². The molecule has 6 N–H and O–H groups in total. The number of unbranched alkanes of at least 4 members (excludes halogenated alkanes) is 33. The van der Waals surface area contributed by atoms with E-state index < -0.39 is 38.6 Å². The van der Waals surface area contributed by atoms with E-state index in [-0.39, 0.29) is 19.6 Å². The van der Waals surface area contributed by atoms with E-state index in [0.29, 0.717) is 12.8 Å². The maximum absolute atomic E-state index is 12.9. The van der Waals surface area contributed by atoms with Gasteiger partial charge in [-0.25, -0.2) is 4.57 Å². The van der Waals surface area contributed by atoms with Crippen molar-refractivity contribution in [3.63, 3.8) is 0 Å². The third-order valence-electron chi connectivity index (χ3n) is 11.8. The number of phosphoric ester groups is 1. The number of nitrogens with one attached hydrogen (secondary N) is 1. The van der Waals surface area contributed by atoms with Gasteiger partial charge >= 0.3 is 7.82 Å². The van der Waals surface area contributed by atoms with E-state index in [1.165, 1.54) is 193 Å². The molecule has 0 aromatic heterocycles. The topological polar surface area (TPSA) is 151 Å². The van der Waals surface area contributed by atoms with Crippen molar-refractivity contribution in [1.29, 1.82) is 0 Å². The molecule has 0 aromatic carbocycles. The summed E-state index contributed by atoms with van der Waals surface area (Å²) in [6, 6.07) is -0.997. The molecule has 362 valence electrons. The maximum atomic E-state index is 12.9. The molecule has 0 aliphatic rings. The fraction of sp³-hybridized carbons (Fsp3) is 0.902. The molecule has 4 unspecified atom stereocenters. The standard InChI is InChI=1S/C51H101N2O7P/c1-3-5-7-9-11-13-15-17-19-21-23-24-25-27-29-31-33-35-37-39-41-43-50(55)49(47-60-61(57,58)59-45-44-52)53-51(56)46-48(54)42-40-38-36-34-32-30-28-26-22-20-18-16-14-12-10-8-6-4-2/h33,35,41,43,48-50,54-55H,3-32,34,36-40,42,44-47,52H2,1-2H3,(H,53,56)(H,57,58)/b35-33+,43-41+. The number of hydrogen-bond donors (Lipinski definition) is 5. The van der Waals surface area contributed by atoms with Crippen molar-refractivity contribution in [2.75, 3.05) is 19.8 Å². The van der Waals surface area contributed by atoms with Gasteiger partial charge < -0.3 is 26.2 Å². The molecule has 0 saturated heterocycles.